The van der Waals surface area contributed by atoms with Crippen LogP contribution in [0.25, 0.3) is 0 Å². The molecule has 2 spiro atoms. The van der Waals surface area contributed by atoms with Gasteiger partial charge in [0.25, 0.3) is 0 Å². The van der Waals surface area contributed by atoms with Crippen LogP contribution in [0.15, 0.2) is 23.2 Å². The lowest BCUT2D eigenvalue weighted by Crippen LogP contribution is -2.55. The van der Waals surface area contributed by atoms with Crippen LogP contribution >= 0.6 is 21.6 Å². The number of nitrogens with zero attached hydrogens (tertiary/aromatic N) is 1. The number of methoxy groups -OCH3 is 1. The van der Waals surface area contributed by atoms with Gasteiger partial charge < -0.3 is 40.6 Å². The summed E-state index contributed by atoms with van der Waals surface area (Å²) in [4.78, 5) is 18.2. The van der Waals surface area contributed by atoms with Gasteiger partial charge in [-0.25, -0.2) is 4.99 Å². The van der Waals surface area contributed by atoms with E-state index in [2.05, 4.69) is 54.2 Å². The highest BCUT2D eigenvalue weighted by Crippen LogP contribution is 2.58. The molecule has 7 N–H and O–H groups in total. The maximum absolute atomic E-state index is 13.2. The van der Waals surface area contributed by atoms with Gasteiger partial charge in [-0.05, 0) is 79.9 Å². The van der Waals surface area contributed by atoms with Gasteiger partial charge in [-0.15, -0.1) is 0 Å². The summed E-state index contributed by atoms with van der Waals surface area (Å²) in [6.45, 7) is 4.56. The number of rotatable bonds is 2. The van der Waals surface area contributed by atoms with Crippen molar-refractivity contribution in [3.63, 3.8) is 0 Å². The van der Waals surface area contributed by atoms with Gasteiger partial charge in [0.15, 0.2) is 29.0 Å². The van der Waals surface area contributed by atoms with E-state index in [0.717, 1.165) is 60.1 Å². The van der Waals surface area contributed by atoms with Crippen LogP contribution < -0.4 is 30.6 Å². The molecule has 3 aliphatic carbocycles. The minimum absolute atomic E-state index is 0.0306. The summed E-state index contributed by atoms with van der Waals surface area (Å²) in [6.07, 6.45) is 8.98. The Kier molecular flexibility index (Phi) is 13.6. The summed E-state index contributed by atoms with van der Waals surface area (Å²) in [7, 11) is 5.07. The molecule has 0 saturated heterocycles. The molecule has 0 amide bonds. The Balaban J connectivity index is 1.26. The van der Waals surface area contributed by atoms with Gasteiger partial charge in [0.1, 0.15) is 12.5 Å². The number of nitrogens with two attached hydrogens (primary N) is 1. The molecule has 2 aromatic rings. The van der Waals surface area contributed by atoms with Crippen molar-refractivity contribution in [2.75, 3.05) is 25.3 Å². The minimum atomic E-state index is -1.18. The standard InChI is InChI=1S/C48H62N4O7S2/c1-29(2)40-27-61-60-26-38-37-25-36-31-13-16-34(54)24-33(53)15-12-30-14-17-41(55)43(57-3)35(30)10-6-9-32(23-31)42(44(36)59-45(37)56)58-28-50-48(21-7-11-39(38)51-46(49)52-40)22-8-20-47(48)18-4-5-19-47/h14,17,23,29,34,37-40,45,50,54-56H,4-5,8-9,12-13,15-16,18-22,24-28H2,1-3H3,(H3,49,51,52). The number of aromatic hydroxyl groups is 1. The molecule has 0 radical (unpaired) electrons. The SMILES string of the molecule is COc1c(O)ccc2c1C#CCc1cc(c3c4c1OCNC1(CC#CC5NC(N)=NC(C(C)C)CSSCC5C(C3)C(O)O4)CCCC13CCCC3)CCC(O)CC(=O)CC2. The molecular formula is C48H62N4O7S2. The lowest BCUT2D eigenvalue weighted by Gasteiger charge is -2.44. The number of benzene rings is 2. The third-order valence-corrected chi connectivity index (χ3v) is 16.9. The zero-order valence-electron chi connectivity index (χ0n) is 35.8. The molecule has 4 aliphatic heterocycles. The first-order chi connectivity index (χ1) is 29.5. The molecule has 61 heavy (non-hydrogen) atoms. The Morgan fingerprint density at radius 3 is 2.57 bits per heavy atom. The number of phenols is 1. The molecule has 4 heterocycles. The quantitative estimate of drug-likeness (QED) is 0.150. The minimum Gasteiger partial charge on any atom is -0.504 e. The van der Waals surface area contributed by atoms with Crippen molar-refractivity contribution in [2.24, 2.45) is 33.9 Å². The number of carbonyl (C=O) groups is 1. The summed E-state index contributed by atoms with van der Waals surface area (Å²) in [5, 5.41) is 41.7. The number of phenolic OH excluding ortho intramolecular Hbond substituents is 1. The molecule has 7 atom stereocenters. The Labute approximate surface area is 368 Å². The maximum Gasteiger partial charge on any atom is 0.201 e. The van der Waals surface area contributed by atoms with E-state index in [0.29, 0.717) is 66.8 Å². The van der Waals surface area contributed by atoms with Crippen molar-refractivity contribution < 1.29 is 34.3 Å². The molecule has 0 aromatic heterocycles. The highest BCUT2D eigenvalue weighted by Gasteiger charge is 2.55. The van der Waals surface area contributed by atoms with E-state index in [1.807, 2.05) is 0 Å². The smallest absolute Gasteiger partial charge is 0.201 e. The third kappa shape index (κ3) is 9.20. The zero-order valence-corrected chi connectivity index (χ0v) is 37.5. The van der Waals surface area contributed by atoms with Crippen LogP contribution in [0, 0.1) is 46.9 Å². The van der Waals surface area contributed by atoms with E-state index in [1.165, 1.54) is 20.0 Å². The second-order valence-corrected chi connectivity index (χ2v) is 20.9. The predicted molar refractivity (Wildman–Crippen MR) is 242 cm³/mol. The summed E-state index contributed by atoms with van der Waals surface area (Å²) >= 11 is 0. The highest BCUT2D eigenvalue weighted by atomic mass is 33.1. The van der Waals surface area contributed by atoms with Crippen LogP contribution in [0.1, 0.15) is 112 Å². The monoisotopic (exact) mass is 870 g/mol. The first-order valence-electron chi connectivity index (χ1n) is 22.3. The fourth-order valence-electron chi connectivity index (χ4n) is 10.9. The molecule has 7 unspecified atom stereocenters. The molecule has 13 heteroatoms. The van der Waals surface area contributed by atoms with Crippen molar-refractivity contribution in [2.45, 2.75) is 140 Å². The van der Waals surface area contributed by atoms with E-state index in [9.17, 15) is 20.1 Å². The lowest BCUT2D eigenvalue weighted by molar-refractivity contribution is -0.121. The van der Waals surface area contributed by atoms with Crippen LogP contribution in [0.4, 0.5) is 0 Å². The van der Waals surface area contributed by atoms with Gasteiger partial charge in [-0.3, -0.25) is 10.1 Å². The average molecular weight is 871 g/mol. The summed E-state index contributed by atoms with van der Waals surface area (Å²) in [5.74, 6) is 16.9. The van der Waals surface area contributed by atoms with Crippen LogP contribution in [0.3, 0.4) is 0 Å². The molecule has 2 saturated carbocycles. The van der Waals surface area contributed by atoms with Gasteiger partial charge in [-0.1, -0.05) is 90.5 Å². The summed E-state index contributed by atoms with van der Waals surface area (Å²) in [5.41, 5.74) is 10.6. The number of aliphatic hydroxyl groups excluding tert-OH is 2. The van der Waals surface area contributed by atoms with Gasteiger partial charge in [0.05, 0.1) is 30.9 Å². The average Bonchev–Trinajstić information content (AvgIpc) is 3.85. The van der Waals surface area contributed by atoms with E-state index in [1.54, 1.807) is 33.7 Å². The fraction of sp³-hybridized carbons (Fsp3) is 0.625. The number of hydrogen-bond donors (Lipinski definition) is 6. The Morgan fingerprint density at radius 2 is 1.77 bits per heavy atom. The molecule has 328 valence electrons. The third-order valence-electron chi connectivity index (χ3n) is 14.4. The number of nitrogens with one attached hydrogen (secondary N) is 2. The number of ketones is 1. The second-order valence-electron chi connectivity index (χ2n) is 18.3. The first-order valence-corrected chi connectivity index (χ1v) is 24.8. The van der Waals surface area contributed by atoms with E-state index >= 15 is 0 Å². The van der Waals surface area contributed by atoms with Crippen molar-refractivity contribution in [1.29, 1.82) is 0 Å². The van der Waals surface area contributed by atoms with Crippen LogP contribution in [0.5, 0.6) is 23.0 Å². The van der Waals surface area contributed by atoms with Gasteiger partial charge >= 0.3 is 0 Å². The zero-order chi connectivity index (χ0) is 42.7. The molecule has 2 fully saturated rings. The largest absolute Gasteiger partial charge is 0.504 e. The number of Topliss-reactive ketones (excluding diaryl/α,β-unsaturated/α-hetero) is 1. The van der Waals surface area contributed by atoms with Crippen LogP contribution in [-0.2, 0) is 30.5 Å². The second kappa shape index (κ2) is 18.9. The molecule has 2 aromatic carbocycles. The van der Waals surface area contributed by atoms with E-state index < -0.39 is 18.4 Å². The molecule has 9 rings (SSSR count). The van der Waals surface area contributed by atoms with Crippen LogP contribution in [0.2, 0.25) is 0 Å². The molecule has 11 nitrogen and oxygen atoms in total. The number of aryl methyl sites for hydroxylation is 2. The Hall–Kier alpha value is -3.72. The topological polar surface area (TPSA) is 168 Å². The molecular weight excluding hydrogens is 809 g/mol. The molecule has 7 aliphatic rings. The van der Waals surface area contributed by atoms with E-state index in [-0.39, 0.29) is 72.1 Å². The van der Waals surface area contributed by atoms with Crippen molar-refractivity contribution in [3.05, 3.63) is 46.0 Å². The van der Waals surface area contributed by atoms with Crippen molar-refractivity contribution in [3.8, 4) is 46.7 Å². The number of hydrogen-bond acceptors (Lipinski definition) is 13. The number of carbonyl (C=O) groups excluding carboxylic acids is 1. The normalized spacial score (nSPS) is 30.3. The summed E-state index contributed by atoms with van der Waals surface area (Å²) < 4.78 is 19.2. The number of aliphatic hydroxyl groups is 2. The molecule has 6 bridgehead atoms. The predicted octanol–water partition coefficient (Wildman–Crippen LogP) is 6.19. The number of ether oxygens (including phenoxy) is 3. The Bertz CT molecular complexity index is 2110. The Morgan fingerprint density at radius 1 is 0.967 bits per heavy atom. The number of aliphatic imine (C=N–C) groups is 1. The van der Waals surface area contributed by atoms with Crippen molar-refractivity contribution >= 4 is 33.3 Å². The lowest BCUT2D eigenvalue weighted by atomic mass is 9.68. The fourth-order valence-corrected chi connectivity index (χ4v) is 13.8. The van der Waals surface area contributed by atoms with Crippen molar-refractivity contribution in [1.82, 2.24) is 10.6 Å². The van der Waals surface area contributed by atoms with Gasteiger partial charge in [0.2, 0.25) is 6.29 Å². The number of fused-ring (bicyclic) bond motifs is 7. The van der Waals surface area contributed by atoms with Gasteiger partial charge in [0, 0.05) is 65.7 Å². The first kappa shape index (κ1) is 43.9. The maximum atomic E-state index is 13.2. The van der Waals surface area contributed by atoms with Crippen LogP contribution in [-0.4, -0.2) is 82.4 Å². The van der Waals surface area contributed by atoms with E-state index in [4.69, 9.17) is 24.9 Å². The summed E-state index contributed by atoms with van der Waals surface area (Å²) in [6, 6.07) is 5.13. The number of guanidine groups is 1. The van der Waals surface area contributed by atoms with Gasteiger partial charge in [-0.2, -0.15) is 0 Å². The highest BCUT2D eigenvalue weighted by molar-refractivity contribution is 8.76.